The molecule has 0 spiro atoms. The van der Waals surface area contributed by atoms with Gasteiger partial charge in [0.1, 0.15) is 0 Å². The third kappa shape index (κ3) is 3.00. The Kier molecular flexibility index (Phi) is 3.72. The summed E-state index contributed by atoms with van der Waals surface area (Å²) in [5.74, 6) is 0.106. The zero-order chi connectivity index (χ0) is 14.2. The van der Waals surface area contributed by atoms with Gasteiger partial charge in [-0.05, 0) is 24.8 Å². The highest BCUT2D eigenvalue weighted by molar-refractivity contribution is 7.14. The van der Waals surface area contributed by atoms with E-state index in [0.717, 1.165) is 28.4 Å². The molecule has 0 saturated heterocycles. The van der Waals surface area contributed by atoms with E-state index in [-0.39, 0.29) is 11.3 Å². The highest BCUT2D eigenvalue weighted by atomic mass is 32.1. The summed E-state index contributed by atoms with van der Waals surface area (Å²) < 4.78 is 0. The molecule has 2 N–H and O–H groups in total. The molecule has 0 saturated carbocycles. The first-order chi connectivity index (χ1) is 8.79. The standard InChI is InChI=1S/C15H22N2OS/c1-10-12(16)9-13(19-10)14(18)17-7-5-11(6-8-17)15(2,3)4/h5,9H,6-8,16H2,1-4H3. The predicted octanol–water partition coefficient (Wildman–Crippen LogP) is 3.46. The van der Waals surface area contributed by atoms with Crippen LogP contribution < -0.4 is 5.73 Å². The minimum Gasteiger partial charge on any atom is -0.398 e. The zero-order valence-electron chi connectivity index (χ0n) is 12.1. The first-order valence-corrected chi connectivity index (χ1v) is 7.45. The number of aryl methyl sites for hydroxylation is 1. The van der Waals surface area contributed by atoms with Gasteiger partial charge in [0.15, 0.2) is 0 Å². The highest BCUT2D eigenvalue weighted by Gasteiger charge is 2.25. The monoisotopic (exact) mass is 278 g/mol. The Morgan fingerprint density at radius 1 is 1.42 bits per heavy atom. The molecule has 2 rings (SSSR count). The first kappa shape index (κ1) is 14.1. The van der Waals surface area contributed by atoms with Crippen LogP contribution in [0.15, 0.2) is 17.7 Å². The molecule has 0 aliphatic carbocycles. The van der Waals surface area contributed by atoms with Crippen LogP contribution in [0.1, 0.15) is 41.7 Å². The average molecular weight is 278 g/mol. The molecule has 1 aromatic heterocycles. The van der Waals surface area contributed by atoms with Gasteiger partial charge in [0.05, 0.1) is 4.88 Å². The van der Waals surface area contributed by atoms with Gasteiger partial charge in [-0.1, -0.05) is 32.4 Å². The van der Waals surface area contributed by atoms with E-state index in [1.807, 2.05) is 11.8 Å². The average Bonchev–Trinajstić information content (AvgIpc) is 2.68. The van der Waals surface area contributed by atoms with Crippen molar-refractivity contribution in [1.29, 1.82) is 0 Å². The minimum absolute atomic E-state index is 0.106. The Hall–Kier alpha value is -1.29. The van der Waals surface area contributed by atoms with E-state index in [1.165, 1.54) is 16.9 Å². The molecular formula is C15H22N2OS. The molecule has 0 bridgehead atoms. The Morgan fingerprint density at radius 3 is 2.53 bits per heavy atom. The number of hydrogen-bond donors (Lipinski definition) is 1. The van der Waals surface area contributed by atoms with Gasteiger partial charge >= 0.3 is 0 Å². The number of thiophene rings is 1. The number of anilines is 1. The number of amides is 1. The number of nitrogens with zero attached hydrogens (tertiary/aromatic N) is 1. The molecule has 0 fully saturated rings. The van der Waals surface area contributed by atoms with Gasteiger partial charge in [0.2, 0.25) is 0 Å². The van der Waals surface area contributed by atoms with Crippen molar-refractivity contribution in [3.05, 3.63) is 27.5 Å². The molecular weight excluding hydrogens is 256 g/mol. The maximum Gasteiger partial charge on any atom is 0.264 e. The molecule has 0 unspecified atom stereocenters. The van der Waals surface area contributed by atoms with Gasteiger partial charge in [-0.2, -0.15) is 0 Å². The molecule has 1 amide bonds. The van der Waals surface area contributed by atoms with E-state index in [9.17, 15) is 4.79 Å². The molecule has 0 atom stereocenters. The Labute approximate surface area is 119 Å². The van der Waals surface area contributed by atoms with Crippen LogP contribution in [-0.4, -0.2) is 23.9 Å². The summed E-state index contributed by atoms with van der Waals surface area (Å²) in [4.78, 5) is 16.0. The van der Waals surface area contributed by atoms with Crippen molar-refractivity contribution >= 4 is 22.9 Å². The Bertz CT molecular complexity index is 503. The fourth-order valence-corrected chi connectivity index (χ4v) is 3.20. The minimum atomic E-state index is 0.106. The first-order valence-electron chi connectivity index (χ1n) is 6.63. The number of nitrogens with two attached hydrogens (primary N) is 1. The second kappa shape index (κ2) is 5.00. The van der Waals surface area contributed by atoms with Gasteiger partial charge in [-0.3, -0.25) is 4.79 Å². The van der Waals surface area contributed by atoms with Crippen molar-refractivity contribution in [3.63, 3.8) is 0 Å². The number of carbonyl (C=O) groups is 1. The summed E-state index contributed by atoms with van der Waals surface area (Å²) in [5.41, 5.74) is 8.18. The fourth-order valence-electron chi connectivity index (χ4n) is 2.29. The molecule has 0 aromatic carbocycles. The number of carbonyl (C=O) groups excluding carboxylic acids is 1. The molecule has 19 heavy (non-hydrogen) atoms. The van der Waals surface area contributed by atoms with Crippen LogP contribution in [0.4, 0.5) is 5.69 Å². The maximum atomic E-state index is 12.4. The van der Waals surface area contributed by atoms with Crippen molar-refractivity contribution in [2.45, 2.75) is 34.1 Å². The summed E-state index contributed by atoms with van der Waals surface area (Å²) in [7, 11) is 0. The van der Waals surface area contributed by atoms with Gasteiger partial charge in [0, 0.05) is 23.7 Å². The number of nitrogen functional groups attached to an aromatic ring is 1. The molecule has 104 valence electrons. The summed E-state index contributed by atoms with van der Waals surface area (Å²) in [6, 6.07) is 1.80. The highest BCUT2D eigenvalue weighted by Crippen LogP contribution is 2.31. The number of hydrogen-bond acceptors (Lipinski definition) is 3. The zero-order valence-corrected chi connectivity index (χ0v) is 12.9. The predicted molar refractivity (Wildman–Crippen MR) is 81.5 cm³/mol. The quantitative estimate of drug-likeness (QED) is 0.800. The van der Waals surface area contributed by atoms with Gasteiger partial charge in [0.25, 0.3) is 5.91 Å². The van der Waals surface area contributed by atoms with Crippen LogP contribution in [0.3, 0.4) is 0 Å². The third-order valence-electron chi connectivity index (χ3n) is 3.63. The molecule has 1 aliphatic heterocycles. The van der Waals surface area contributed by atoms with Crippen molar-refractivity contribution in [1.82, 2.24) is 4.90 Å². The van der Waals surface area contributed by atoms with E-state index in [4.69, 9.17) is 5.73 Å². The van der Waals surface area contributed by atoms with Crippen molar-refractivity contribution < 1.29 is 4.79 Å². The molecule has 0 radical (unpaired) electrons. The lowest BCUT2D eigenvalue weighted by atomic mass is 9.83. The van der Waals surface area contributed by atoms with E-state index in [0.29, 0.717) is 6.54 Å². The third-order valence-corrected chi connectivity index (χ3v) is 4.68. The summed E-state index contributed by atoms with van der Waals surface area (Å²) >= 11 is 1.49. The lowest BCUT2D eigenvalue weighted by molar-refractivity contribution is 0.0770. The van der Waals surface area contributed by atoms with Crippen LogP contribution in [0.5, 0.6) is 0 Å². The van der Waals surface area contributed by atoms with Crippen LogP contribution in [0.2, 0.25) is 0 Å². The van der Waals surface area contributed by atoms with Crippen LogP contribution >= 0.6 is 11.3 Å². The SMILES string of the molecule is Cc1sc(C(=O)N2CC=C(C(C)(C)C)CC2)cc1N. The van der Waals surface area contributed by atoms with E-state index in [2.05, 4.69) is 26.8 Å². The van der Waals surface area contributed by atoms with E-state index in [1.54, 1.807) is 6.07 Å². The lowest BCUT2D eigenvalue weighted by Crippen LogP contribution is -2.36. The summed E-state index contributed by atoms with van der Waals surface area (Å²) in [5, 5.41) is 0. The lowest BCUT2D eigenvalue weighted by Gasteiger charge is -2.32. The molecule has 3 nitrogen and oxygen atoms in total. The fraction of sp³-hybridized carbons (Fsp3) is 0.533. The second-order valence-corrected chi connectivity index (χ2v) is 7.36. The van der Waals surface area contributed by atoms with Gasteiger partial charge in [-0.15, -0.1) is 11.3 Å². The summed E-state index contributed by atoms with van der Waals surface area (Å²) in [6.07, 6.45) is 3.17. The normalized spacial score (nSPS) is 16.4. The molecule has 4 heteroatoms. The Morgan fingerprint density at radius 2 is 2.11 bits per heavy atom. The molecule has 1 aromatic rings. The molecule has 1 aliphatic rings. The van der Waals surface area contributed by atoms with Crippen molar-refractivity contribution in [2.24, 2.45) is 5.41 Å². The van der Waals surface area contributed by atoms with Crippen LogP contribution in [0, 0.1) is 12.3 Å². The smallest absolute Gasteiger partial charge is 0.264 e. The second-order valence-electron chi connectivity index (χ2n) is 6.10. The van der Waals surface area contributed by atoms with E-state index >= 15 is 0 Å². The number of rotatable bonds is 1. The molecule has 2 heterocycles. The van der Waals surface area contributed by atoms with Crippen molar-refractivity contribution in [3.8, 4) is 0 Å². The topological polar surface area (TPSA) is 46.3 Å². The van der Waals surface area contributed by atoms with Gasteiger partial charge in [-0.25, -0.2) is 0 Å². The maximum absolute atomic E-state index is 12.4. The van der Waals surface area contributed by atoms with Crippen LogP contribution in [-0.2, 0) is 0 Å². The van der Waals surface area contributed by atoms with Crippen LogP contribution in [0.25, 0.3) is 0 Å². The van der Waals surface area contributed by atoms with Crippen molar-refractivity contribution in [2.75, 3.05) is 18.8 Å². The van der Waals surface area contributed by atoms with Gasteiger partial charge < -0.3 is 10.6 Å². The summed E-state index contributed by atoms with van der Waals surface area (Å²) in [6.45, 7) is 10.1. The Balaban J connectivity index is 2.10. The van der Waals surface area contributed by atoms with E-state index < -0.39 is 0 Å². The largest absolute Gasteiger partial charge is 0.398 e.